The fraction of sp³-hybridized carbons (Fsp3) is 0.438. The van der Waals surface area contributed by atoms with Crippen molar-refractivity contribution in [3.05, 3.63) is 53.9 Å². The molecule has 126 valence electrons. The Kier molecular flexibility index (Phi) is 5.11. The van der Waals surface area contributed by atoms with Crippen molar-refractivity contribution in [2.24, 2.45) is 0 Å². The Hall–Kier alpha value is -1.86. The van der Waals surface area contributed by atoms with Crippen LogP contribution < -0.4 is 5.32 Å². The van der Waals surface area contributed by atoms with E-state index >= 15 is 0 Å². The fourth-order valence-corrected chi connectivity index (χ4v) is 2.26. The number of alkyl halides is 3. The summed E-state index contributed by atoms with van der Waals surface area (Å²) in [7, 11) is 0. The summed E-state index contributed by atoms with van der Waals surface area (Å²) in [5.41, 5.74) is -1.94. The highest BCUT2D eigenvalue weighted by atomic mass is 19.4. The normalized spacial score (nSPS) is 16.1. The lowest BCUT2D eigenvalue weighted by Crippen LogP contribution is -2.41. The molecule has 0 aliphatic heterocycles. The highest BCUT2D eigenvalue weighted by Crippen LogP contribution is 2.31. The summed E-state index contributed by atoms with van der Waals surface area (Å²) >= 11 is 0. The van der Waals surface area contributed by atoms with E-state index in [0.29, 0.717) is 6.54 Å². The van der Waals surface area contributed by atoms with Gasteiger partial charge in [-0.25, -0.2) is 0 Å². The summed E-state index contributed by atoms with van der Waals surface area (Å²) in [6.45, 7) is 4.16. The first kappa shape index (κ1) is 17.5. The maximum Gasteiger partial charge on any atom is 0.416 e. The number of aromatic nitrogens is 2. The van der Waals surface area contributed by atoms with E-state index < -0.39 is 17.3 Å². The lowest BCUT2D eigenvalue weighted by atomic mass is 9.94. The summed E-state index contributed by atoms with van der Waals surface area (Å²) in [5.74, 6) is 0. The molecule has 2 atom stereocenters. The van der Waals surface area contributed by atoms with Gasteiger partial charge in [0.25, 0.3) is 0 Å². The molecule has 1 aromatic carbocycles. The quantitative estimate of drug-likeness (QED) is 0.858. The number of nitrogens with zero attached hydrogens (tertiary/aromatic N) is 2. The summed E-state index contributed by atoms with van der Waals surface area (Å²) in [6.07, 6.45) is -0.929. The van der Waals surface area contributed by atoms with Gasteiger partial charge in [-0.3, -0.25) is 4.68 Å². The highest BCUT2D eigenvalue weighted by molar-refractivity contribution is 5.29. The zero-order valence-corrected chi connectivity index (χ0v) is 13.0. The van der Waals surface area contributed by atoms with Gasteiger partial charge in [0.1, 0.15) is 0 Å². The first-order valence-electron chi connectivity index (χ1n) is 7.29. The zero-order valence-electron chi connectivity index (χ0n) is 13.0. The second kappa shape index (κ2) is 6.72. The minimum atomic E-state index is -4.42. The topological polar surface area (TPSA) is 50.1 Å². The largest absolute Gasteiger partial charge is 0.416 e. The molecule has 2 N–H and O–H groups in total. The van der Waals surface area contributed by atoms with Crippen LogP contribution in [-0.4, -0.2) is 27.5 Å². The third kappa shape index (κ3) is 4.80. The van der Waals surface area contributed by atoms with Crippen LogP contribution in [0.1, 0.15) is 25.0 Å². The van der Waals surface area contributed by atoms with Crippen LogP contribution in [0.4, 0.5) is 13.2 Å². The summed E-state index contributed by atoms with van der Waals surface area (Å²) in [6, 6.07) is 6.60. The van der Waals surface area contributed by atoms with Gasteiger partial charge in [-0.2, -0.15) is 18.3 Å². The van der Waals surface area contributed by atoms with Crippen LogP contribution >= 0.6 is 0 Å². The highest BCUT2D eigenvalue weighted by Gasteiger charge is 2.32. The van der Waals surface area contributed by atoms with Crippen LogP contribution in [0.2, 0.25) is 0 Å². The van der Waals surface area contributed by atoms with Crippen molar-refractivity contribution in [2.75, 3.05) is 6.54 Å². The van der Waals surface area contributed by atoms with E-state index in [2.05, 4.69) is 10.4 Å². The van der Waals surface area contributed by atoms with Gasteiger partial charge in [0.05, 0.1) is 17.7 Å². The molecule has 2 rings (SSSR count). The fourth-order valence-electron chi connectivity index (χ4n) is 2.26. The maximum absolute atomic E-state index is 12.8. The molecule has 0 saturated heterocycles. The lowest BCUT2D eigenvalue weighted by Gasteiger charge is -2.27. The molecule has 0 aliphatic rings. The Morgan fingerprint density at radius 3 is 2.57 bits per heavy atom. The number of aliphatic hydroxyl groups is 1. The minimum absolute atomic E-state index is 0.00664. The predicted molar refractivity (Wildman–Crippen MR) is 80.7 cm³/mol. The number of nitrogens with one attached hydrogen (secondary N) is 1. The maximum atomic E-state index is 12.8. The van der Waals surface area contributed by atoms with Gasteiger partial charge in [0, 0.05) is 25.0 Å². The Morgan fingerprint density at radius 2 is 1.96 bits per heavy atom. The van der Waals surface area contributed by atoms with Crippen molar-refractivity contribution in [1.82, 2.24) is 15.1 Å². The van der Waals surface area contributed by atoms with E-state index in [9.17, 15) is 18.3 Å². The molecule has 0 amide bonds. The molecule has 7 heteroatoms. The van der Waals surface area contributed by atoms with E-state index in [-0.39, 0.29) is 18.2 Å². The number of hydrogen-bond donors (Lipinski definition) is 2. The van der Waals surface area contributed by atoms with Gasteiger partial charge in [-0.1, -0.05) is 12.1 Å². The van der Waals surface area contributed by atoms with E-state index in [1.54, 1.807) is 10.9 Å². The molecule has 2 aromatic rings. The van der Waals surface area contributed by atoms with Gasteiger partial charge in [0.2, 0.25) is 0 Å². The molecule has 1 heterocycles. The molecular weight excluding hydrogens is 307 g/mol. The summed E-state index contributed by atoms with van der Waals surface area (Å²) in [4.78, 5) is 0. The van der Waals surface area contributed by atoms with Gasteiger partial charge in [-0.05, 0) is 37.6 Å². The molecular formula is C16H20F3N3O. The Morgan fingerprint density at radius 1 is 1.26 bits per heavy atom. The van der Waals surface area contributed by atoms with Gasteiger partial charge in [-0.15, -0.1) is 0 Å². The molecule has 0 aliphatic carbocycles. The SMILES string of the molecule is C[C@H](Cn1cccn1)NC[C@@](C)(O)c1cccc(C(F)(F)F)c1. The molecule has 23 heavy (non-hydrogen) atoms. The van der Waals surface area contributed by atoms with Crippen LogP contribution in [-0.2, 0) is 18.3 Å². The standard InChI is InChI=1S/C16H20F3N3O/c1-12(10-22-8-4-7-21-22)20-11-15(2,23)13-5-3-6-14(9-13)16(17,18)19/h3-9,12,20,23H,10-11H2,1-2H3/t12-,15-/m1/s1. The molecule has 0 spiro atoms. The van der Waals surface area contributed by atoms with Crippen molar-refractivity contribution in [3.8, 4) is 0 Å². The molecule has 0 fully saturated rings. The Labute approximate surface area is 132 Å². The van der Waals surface area contributed by atoms with Crippen molar-refractivity contribution >= 4 is 0 Å². The number of rotatable bonds is 6. The van der Waals surface area contributed by atoms with Crippen LogP contribution in [0.3, 0.4) is 0 Å². The monoisotopic (exact) mass is 327 g/mol. The summed E-state index contributed by atoms with van der Waals surface area (Å²) < 4.78 is 40.1. The van der Waals surface area contributed by atoms with Crippen LogP contribution in [0, 0.1) is 0 Å². The summed E-state index contributed by atoms with van der Waals surface area (Å²) in [5, 5.41) is 17.7. The van der Waals surface area contributed by atoms with Crippen LogP contribution in [0.15, 0.2) is 42.7 Å². The van der Waals surface area contributed by atoms with Gasteiger partial charge >= 0.3 is 6.18 Å². The van der Waals surface area contributed by atoms with Crippen molar-refractivity contribution in [1.29, 1.82) is 0 Å². The smallest absolute Gasteiger partial charge is 0.384 e. The molecule has 4 nitrogen and oxygen atoms in total. The van der Waals surface area contributed by atoms with Crippen LogP contribution in [0.5, 0.6) is 0 Å². The molecule has 0 bridgehead atoms. The van der Waals surface area contributed by atoms with Crippen molar-refractivity contribution in [3.63, 3.8) is 0 Å². The lowest BCUT2D eigenvalue weighted by molar-refractivity contribution is -0.137. The van der Waals surface area contributed by atoms with Crippen molar-refractivity contribution in [2.45, 2.75) is 38.2 Å². The van der Waals surface area contributed by atoms with E-state index in [1.165, 1.54) is 19.1 Å². The average molecular weight is 327 g/mol. The van der Waals surface area contributed by atoms with Gasteiger partial charge < -0.3 is 10.4 Å². The molecule has 1 aromatic heterocycles. The molecule has 0 saturated carbocycles. The van der Waals surface area contributed by atoms with Crippen LogP contribution in [0.25, 0.3) is 0 Å². The second-order valence-corrected chi connectivity index (χ2v) is 5.86. The number of hydrogen-bond acceptors (Lipinski definition) is 3. The predicted octanol–water partition coefficient (Wildman–Crippen LogP) is 2.79. The Bertz CT molecular complexity index is 624. The number of benzene rings is 1. The van der Waals surface area contributed by atoms with E-state index in [4.69, 9.17) is 0 Å². The average Bonchev–Trinajstić information content (AvgIpc) is 2.97. The van der Waals surface area contributed by atoms with E-state index in [0.717, 1.165) is 12.1 Å². The Balaban J connectivity index is 2.01. The molecule has 0 unspecified atom stereocenters. The third-order valence-electron chi connectivity index (χ3n) is 3.63. The third-order valence-corrected chi connectivity index (χ3v) is 3.63. The van der Waals surface area contributed by atoms with E-state index in [1.807, 2.05) is 19.2 Å². The second-order valence-electron chi connectivity index (χ2n) is 5.86. The number of halogens is 3. The first-order chi connectivity index (χ1) is 10.7. The minimum Gasteiger partial charge on any atom is -0.384 e. The van der Waals surface area contributed by atoms with Crippen molar-refractivity contribution < 1.29 is 18.3 Å². The first-order valence-corrected chi connectivity index (χ1v) is 7.29. The van der Waals surface area contributed by atoms with Gasteiger partial charge in [0.15, 0.2) is 0 Å². The zero-order chi connectivity index (χ0) is 17.1. The molecule has 0 radical (unpaired) electrons.